The van der Waals surface area contributed by atoms with Crippen LogP contribution in [0.25, 0.3) is 0 Å². The molecular formula is C7H11N3+. The lowest BCUT2D eigenvalue weighted by Crippen LogP contribution is -2.24. The first-order valence-corrected chi connectivity index (χ1v) is 3.68. The Hall–Kier alpha value is -0.830. The van der Waals surface area contributed by atoms with Gasteiger partial charge < -0.3 is 5.32 Å². The summed E-state index contributed by atoms with van der Waals surface area (Å²) in [6.07, 6.45) is 5.12. The van der Waals surface area contributed by atoms with Gasteiger partial charge in [0.2, 0.25) is 5.71 Å². The summed E-state index contributed by atoms with van der Waals surface area (Å²) in [7, 11) is 0. The van der Waals surface area contributed by atoms with Gasteiger partial charge in [-0.3, -0.25) is 0 Å². The van der Waals surface area contributed by atoms with E-state index in [4.69, 9.17) is 0 Å². The molecule has 53 valence electrons. The van der Waals surface area contributed by atoms with Crippen LogP contribution in [0, 0.1) is 0 Å². The fourth-order valence-electron chi connectivity index (χ4n) is 1.28. The smallest absolute Gasteiger partial charge is 0.223 e. The molecule has 1 radical (unpaired) electrons. The van der Waals surface area contributed by atoms with E-state index >= 15 is 0 Å². The Bertz CT molecular complexity index is 193. The molecule has 3 heteroatoms. The van der Waals surface area contributed by atoms with E-state index in [1.54, 1.807) is 0 Å². The monoisotopic (exact) mass is 137 g/mol. The number of nitrogens with zero attached hydrogens (tertiary/aromatic N) is 2. The molecule has 0 saturated heterocycles. The molecule has 2 rings (SSSR count). The van der Waals surface area contributed by atoms with Crippen molar-refractivity contribution in [3.8, 4) is 0 Å². The van der Waals surface area contributed by atoms with Crippen molar-refractivity contribution in [3.63, 3.8) is 0 Å². The van der Waals surface area contributed by atoms with Gasteiger partial charge in [0.1, 0.15) is 6.20 Å². The van der Waals surface area contributed by atoms with Gasteiger partial charge in [-0.1, -0.05) is 4.68 Å². The Morgan fingerprint density at radius 3 is 3.60 bits per heavy atom. The van der Waals surface area contributed by atoms with Crippen molar-refractivity contribution in [3.05, 3.63) is 12.3 Å². The van der Waals surface area contributed by atoms with Gasteiger partial charge in [0.15, 0.2) is 6.54 Å². The largest absolute Gasteiger partial charge is 0.307 e. The maximum Gasteiger partial charge on any atom is 0.223 e. The van der Waals surface area contributed by atoms with Crippen LogP contribution in [0.15, 0.2) is 12.3 Å². The van der Waals surface area contributed by atoms with Crippen molar-refractivity contribution in [2.75, 3.05) is 19.6 Å². The van der Waals surface area contributed by atoms with Gasteiger partial charge in [-0.15, -0.1) is 0 Å². The fourth-order valence-corrected chi connectivity index (χ4v) is 1.28. The molecule has 0 aromatic rings. The van der Waals surface area contributed by atoms with Crippen LogP contribution < -0.4 is 10.7 Å². The van der Waals surface area contributed by atoms with Crippen LogP contribution >= 0.6 is 0 Å². The van der Waals surface area contributed by atoms with Crippen molar-refractivity contribution >= 4 is 5.71 Å². The van der Waals surface area contributed by atoms with Crippen molar-refractivity contribution in [2.45, 2.75) is 6.42 Å². The van der Waals surface area contributed by atoms with Gasteiger partial charge in [-0.2, -0.15) is 0 Å². The quantitative estimate of drug-likeness (QED) is 0.447. The maximum atomic E-state index is 4.19. The molecule has 2 aliphatic rings. The zero-order chi connectivity index (χ0) is 6.81. The summed E-state index contributed by atoms with van der Waals surface area (Å²) in [5.74, 6) is 0. The summed E-state index contributed by atoms with van der Waals surface area (Å²) in [5, 5.41) is 3.33. The molecule has 0 bridgehead atoms. The third-order valence-corrected chi connectivity index (χ3v) is 1.83. The second kappa shape index (κ2) is 2.42. The number of rotatable bonds is 0. The second-order valence-corrected chi connectivity index (χ2v) is 2.58. The van der Waals surface area contributed by atoms with Gasteiger partial charge in [0.25, 0.3) is 0 Å². The van der Waals surface area contributed by atoms with Gasteiger partial charge in [-0.25, -0.2) is 0 Å². The predicted molar refractivity (Wildman–Crippen MR) is 38.9 cm³/mol. The van der Waals surface area contributed by atoms with Crippen LogP contribution in [0.2, 0.25) is 0 Å². The summed E-state index contributed by atoms with van der Waals surface area (Å²) in [5.41, 5.74) is 5.50. The maximum absolute atomic E-state index is 4.19. The van der Waals surface area contributed by atoms with Gasteiger partial charge in [0.05, 0.1) is 6.54 Å². The Kier molecular flexibility index (Phi) is 1.43. The summed E-state index contributed by atoms with van der Waals surface area (Å²) >= 11 is 0. The summed E-state index contributed by atoms with van der Waals surface area (Å²) < 4.78 is 2.07. The SMILES string of the molecule is C1=CC2=[N+](CCCNC2)[N]1. The highest BCUT2D eigenvalue weighted by Gasteiger charge is 2.20. The van der Waals surface area contributed by atoms with Crippen LogP contribution in [0.3, 0.4) is 0 Å². The molecule has 0 amide bonds. The lowest BCUT2D eigenvalue weighted by Gasteiger charge is -1.90. The molecule has 2 aliphatic heterocycles. The summed E-state index contributed by atoms with van der Waals surface area (Å²) in [6, 6.07) is 0. The van der Waals surface area contributed by atoms with E-state index in [0.717, 1.165) is 19.6 Å². The van der Waals surface area contributed by atoms with E-state index in [2.05, 4.69) is 21.5 Å². The standard InChI is InChI=1S/C7H11N3/c1-3-8-6-7-2-4-9-10(7)5-1/h2,4,8H,1,3,5-6H2/q+1. The minimum atomic E-state index is 0.972. The lowest BCUT2D eigenvalue weighted by atomic mass is 10.4. The Morgan fingerprint density at radius 1 is 1.60 bits per heavy atom. The number of hydrogen-bond donors (Lipinski definition) is 1. The van der Waals surface area contributed by atoms with Crippen LogP contribution in [0.1, 0.15) is 6.42 Å². The third-order valence-electron chi connectivity index (χ3n) is 1.83. The van der Waals surface area contributed by atoms with Crippen LogP contribution in [-0.4, -0.2) is 30.0 Å². The van der Waals surface area contributed by atoms with E-state index in [1.165, 1.54) is 12.1 Å². The lowest BCUT2D eigenvalue weighted by molar-refractivity contribution is -0.577. The van der Waals surface area contributed by atoms with Crippen molar-refractivity contribution in [1.82, 2.24) is 10.7 Å². The second-order valence-electron chi connectivity index (χ2n) is 2.58. The highest BCUT2D eigenvalue weighted by molar-refractivity contribution is 5.93. The number of nitrogens with one attached hydrogen (secondary N) is 1. The van der Waals surface area contributed by atoms with Crippen molar-refractivity contribution in [2.24, 2.45) is 0 Å². The highest BCUT2D eigenvalue weighted by atomic mass is 15.4. The third kappa shape index (κ3) is 0.926. The molecule has 0 aromatic heterocycles. The van der Waals surface area contributed by atoms with E-state index in [0.29, 0.717) is 0 Å². The zero-order valence-corrected chi connectivity index (χ0v) is 5.88. The van der Waals surface area contributed by atoms with Crippen LogP contribution in [0.4, 0.5) is 0 Å². The Morgan fingerprint density at radius 2 is 2.60 bits per heavy atom. The zero-order valence-electron chi connectivity index (χ0n) is 5.88. The fraction of sp³-hybridized carbons (Fsp3) is 0.571. The first kappa shape index (κ1) is 5.92. The van der Waals surface area contributed by atoms with E-state index < -0.39 is 0 Å². The molecule has 2 heterocycles. The average molecular weight is 137 g/mol. The molecule has 10 heavy (non-hydrogen) atoms. The molecule has 0 fully saturated rings. The first-order valence-electron chi connectivity index (χ1n) is 3.68. The molecule has 1 N–H and O–H groups in total. The topological polar surface area (TPSA) is 29.1 Å². The molecule has 0 unspecified atom stereocenters. The predicted octanol–water partition coefficient (Wildman–Crippen LogP) is -0.520. The molecular weight excluding hydrogens is 126 g/mol. The molecule has 0 aliphatic carbocycles. The average Bonchev–Trinajstić information content (AvgIpc) is 2.28. The van der Waals surface area contributed by atoms with Gasteiger partial charge in [0, 0.05) is 19.0 Å². The Labute approximate surface area is 60.4 Å². The molecule has 3 nitrogen and oxygen atoms in total. The van der Waals surface area contributed by atoms with Crippen molar-refractivity contribution < 1.29 is 4.68 Å². The normalized spacial score (nSPS) is 24.0. The van der Waals surface area contributed by atoms with E-state index in [-0.39, 0.29) is 0 Å². The minimum absolute atomic E-state index is 0.972. The summed E-state index contributed by atoms with van der Waals surface area (Å²) in [4.78, 5) is 0. The Balaban J connectivity index is 2.16. The molecule has 0 aromatic carbocycles. The van der Waals surface area contributed by atoms with E-state index in [1.807, 2.05) is 6.20 Å². The first-order chi connectivity index (χ1) is 4.97. The van der Waals surface area contributed by atoms with Crippen LogP contribution in [-0.2, 0) is 0 Å². The van der Waals surface area contributed by atoms with E-state index in [9.17, 15) is 0 Å². The van der Waals surface area contributed by atoms with Gasteiger partial charge >= 0.3 is 0 Å². The molecule has 0 spiro atoms. The minimum Gasteiger partial charge on any atom is -0.307 e. The number of hydrogen-bond acceptors (Lipinski definition) is 1. The van der Waals surface area contributed by atoms with Crippen molar-refractivity contribution in [1.29, 1.82) is 0 Å². The molecule has 0 saturated carbocycles. The van der Waals surface area contributed by atoms with Crippen LogP contribution in [0.5, 0.6) is 0 Å². The van der Waals surface area contributed by atoms with Gasteiger partial charge in [-0.05, 0) is 5.43 Å². The highest BCUT2D eigenvalue weighted by Crippen LogP contribution is 1.95. The summed E-state index contributed by atoms with van der Waals surface area (Å²) in [6.45, 7) is 3.15. The molecule has 0 atom stereocenters.